The van der Waals surface area contributed by atoms with Crippen LogP contribution in [-0.2, 0) is 16.0 Å². The van der Waals surface area contributed by atoms with E-state index in [2.05, 4.69) is 15.6 Å². The molecule has 1 aromatic heterocycles. The minimum atomic E-state index is -0.488. The van der Waals surface area contributed by atoms with Crippen molar-refractivity contribution in [3.8, 4) is 0 Å². The van der Waals surface area contributed by atoms with Crippen LogP contribution < -0.4 is 10.6 Å². The van der Waals surface area contributed by atoms with Crippen molar-refractivity contribution in [3.63, 3.8) is 0 Å². The topological polar surface area (TPSA) is 75.9 Å². The van der Waals surface area contributed by atoms with Crippen molar-refractivity contribution in [2.24, 2.45) is 4.99 Å². The third kappa shape index (κ3) is 8.02. The van der Waals surface area contributed by atoms with E-state index < -0.39 is 5.60 Å². The molecular weight excluding hydrogens is 270 g/mol. The van der Waals surface area contributed by atoms with Crippen LogP contribution in [0.1, 0.15) is 33.5 Å². The largest absolute Gasteiger partial charge is 0.469 e. The summed E-state index contributed by atoms with van der Waals surface area (Å²) in [5.41, 5.74) is -0.488. The number of nitrogens with zero attached hydrogens (tertiary/aromatic N) is 1. The van der Waals surface area contributed by atoms with E-state index in [0.29, 0.717) is 12.5 Å². The molecule has 0 fully saturated rings. The number of rotatable bonds is 6. The van der Waals surface area contributed by atoms with Gasteiger partial charge < -0.3 is 19.8 Å². The van der Waals surface area contributed by atoms with E-state index in [9.17, 15) is 4.79 Å². The first kappa shape index (κ1) is 17.1. The normalized spacial score (nSPS) is 12.1. The Kier molecular flexibility index (Phi) is 6.78. The Balaban J connectivity index is 2.40. The van der Waals surface area contributed by atoms with E-state index in [4.69, 9.17) is 9.15 Å². The van der Waals surface area contributed by atoms with E-state index in [1.165, 1.54) is 0 Å². The van der Waals surface area contributed by atoms with Gasteiger partial charge in [0.25, 0.3) is 0 Å². The molecule has 0 radical (unpaired) electrons. The van der Waals surface area contributed by atoms with Crippen molar-refractivity contribution in [1.82, 2.24) is 10.6 Å². The molecule has 118 valence electrons. The Morgan fingerprint density at radius 2 is 2.14 bits per heavy atom. The molecule has 21 heavy (non-hydrogen) atoms. The van der Waals surface area contributed by atoms with Gasteiger partial charge in [0.1, 0.15) is 17.9 Å². The van der Waals surface area contributed by atoms with Crippen LogP contribution in [0.15, 0.2) is 27.8 Å². The summed E-state index contributed by atoms with van der Waals surface area (Å²) in [7, 11) is 0. The standard InChI is InChI=1S/C15H25N3O3/c1-5-16-14(17-9-8-12-7-6-10-20-12)18-11-13(19)21-15(2,3)4/h6-7,10H,5,8-9,11H2,1-4H3,(H2,16,17,18). The van der Waals surface area contributed by atoms with Gasteiger partial charge in [-0.2, -0.15) is 0 Å². The minimum absolute atomic E-state index is 0.00659. The molecule has 1 heterocycles. The first-order valence-electron chi connectivity index (χ1n) is 7.17. The van der Waals surface area contributed by atoms with Crippen molar-refractivity contribution in [1.29, 1.82) is 0 Å². The van der Waals surface area contributed by atoms with Gasteiger partial charge in [0.2, 0.25) is 0 Å². The Morgan fingerprint density at radius 1 is 1.38 bits per heavy atom. The highest BCUT2D eigenvalue weighted by atomic mass is 16.6. The van der Waals surface area contributed by atoms with Crippen LogP contribution in [0.25, 0.3) is 0 Å². The van der Waals surface area contributed by atoms with E-state index in [0.717, 1.165) is 18.7 Å². The van der Waals surface area contributed by atoms with E-state index in [1.54, 1.807) is 6.26 Å². The van der Waals surface area contributed by atoms with Gasteiger partial charge in [-0.05, 0) is 39.8 Å². The Bertz CT molecular complexity index is 447. The van der Waals surface area contributed by atoms with Gasteiger partial charge in [-0.25, -0.2) is 4.99 Å². The van der Waals surface area contributed by atoms with Gasteiger partial charge in [-0.1, -0.05) is 0 Å². The third-order valence-corrected chi connectivity index (χ3v) is 2.37. The van der Waals surface area contributed by atoms with Crippen molar-refractivity contribution >= 4 is 11.9 Å². The van der Waals surface area contributed by atoms with Crippen molar-refractivity contribution in [2.75, 3.05) is 19.6 Å². The van der Waals surface area contributed by atoms with Gasteiger partial charge in [0.05, 0.1) is 6.26 Å². The second kappa shape index (κ2) is 8.34. The number of nitrogens with one attached hydrogen (secondary N) is 2. The van der Waals surface area contributed by atoms with Crippen LogP contribution >= 0.6 is 0 Å². The first-order valence-corrected chi connectivity index (χ1v) is 7.17. The Hall–Kier alpha value is -1.98. The van der Waals surface area contributed by atoms with E-state index in [-0.39, 0.29) is 12.5 Å². The quantitative estimate of drug-likeness (QED) is 0.475. The number of furan rings is 1. The number of guanidine groups is 1. The van der Waals surface area contributed by atoms with Crippen LogP contribution in [0.5, 0.6) is 0 Å². The summed E-state index contributed by atoms with van der Waals surface area (Å²) in [4.78, 5) is 15.8. The highest BCUT2D eigenvalue weighted by Gasteiger charge is 2.15. The van der Waals surface area contributed by atoms with Gasteiger partial charge in [0, 0.05) is 19.5 Å². The molecular formula is C15H25N3O3. The number of ether oxygens (including phenoxy) is 1. The van der Waals surface area contributed by atoms with Gasteiger partial charge in [0.15, 0.2) is 5.96 Å². The SMILES string of the molecule is CCNC(=NCC(=O)OC(C)(C)C)NCCc1ccco1. The average molecular weight is 295 g/mol. The number of hydrogen-bond acceptors (Lipinski definition) is 4. The molecule has 0 unspecified atom stereocenters. The van der Waals surface area contributed by atoms with Crippen molar-refractivity contribution < 1.29 is 13.9 Å². The molecule has 0 atom stereocenters. The van der Waals surface area contributed by atoms with Gasteiger partial charge in [-0.3, -0.25) is 4.79 Å². The number of aliphatic imine (C=N–C) groups is 1. The zero-order chi connectivity index (χ0) is 15.7. The number of hydrogen-bond donors (Lipinski definition) is 2. The first-order chi connectivity index (χ1) is 9.90. The van der Waals surface area contributed by atoms with Crippen LogP contribution in [0.2, 0.25) is 0 Å². The fraction of sp³-hybridized carbons (Fsp3) is 0.600. The molecule has 6 nitrogen and oxygen atoms in total. The Labute approximate surface area is 126 Å². The van der Waals surface area contributed by atoms with Crippen LogP contribution in [-0.4, -0.2) is 37.2 Å². The van der Waals surface area contributed by atoms with E-state index in [1.807, 2.05) is 39.8 Å². The maximum atomic E-state index is 11.6. The molecule has 0 saturated heterocycles. The summed E-state index contributed by atoms with van der Waals surface area (Å²) in [6.07, 6.45) is 2.40. The lowest BCUT2D eigenvalue weighted by molar-refractivity contribution is -0.152. The maximum Gasteiger partial charge on any atom is 0.328 e. The van der Waals surface area contributed by atoms with Gasteiger partial charge in [-0.15, -0.1) is 0 Å². The molecule has 0 aromatic carbocycles. The van der Waals surface area contributed by atoms with Crippen LogP contribution in [0.4, 0.5) is 0 Å². The molecule has 0 saturated carbocycles. The summed E-state index contributed by atoms with van der Waals surface area (Å²) in [5.74, 6) is 1.16. The minimum Gasteiger partial charge on any atom is -0.469 e. The number of esters is 1. The highest BCUT2D eigenvalue weighted by molar-refractivity contribution is 5.83. The fourth-order valence-corrected chi connectivity index (χ4v) is 1.62. The number of carbonyl (C=O) groups is 1. The summed E-state index contributed by atoms with van der Waals surface area (Å²) in [5, 5.41) is 6.23. The lowest BCUT2D eigenvalue weighted by atomic mass is 10.2. The van der Waals surface area contributed by atoms with Crippen molar-refractivity contribution in [3.05, 3.63) is 24.2 Å². The predicted octanol–water partition coefficient (Wildman–Crippen LogP) is 1.72. The van der Waals surface area contributed by atoms with Crippen LogP contribution in [0.3, 0.4) is 0 Å². The molecule has 2 N–H and O–H groups in total. The molecule has 0 aliphatic heterocycles. The smallest absolute Gasteiger partial charge is 0.328 e. The highest BCUT2D eigenvalue weighted by Crippen LogP contribution is 2.06. The average Bonchev–Trinajstić information content (AvgIpc) is 2.87. The van der Waals surface area contributed by atoms with Gasteiger partial charge >= 0.3 is 5.97 Å². The summed E-state index contributed by atoms with van der Waals surface area (Å²) >= 11 is 0. The summed E-state index contributed by atoms with van der Waals surface area (Å²) in [6, 6.07) is 3.78. The fourth-order valence-electron chi connectivity index (χ4n) is 1.62. The van der Waals surface area contributed by atoms with Crippen molar-refractivity contribution in [2.45, 2.75) is 39.7 Å². The molecule has 0 aliphatic rings. The zero-order valence-electron chi connectivity index (χ0n) is 13.2. The summed E-state index contributed by atoms with van der Waals surface area (Å²) in [6.45, 7) is 8.86. The maximum absolute atomic E-state index is 11.6. The Morgan fingerprint density at radius 3 is 2.71 bits per heavy atom. The third-order valence-electron chi connectivity index (χ3n) is 2.37. The van der Waals surface area contributed by atoms with E-state index >= 15 is 0 Å². The second-order valence-electron chi connectivity index (χ2n) is 5.54. The molecule has 0 amide bonds. The number of carbonyl (C=O) groups excluding carboxylic acids is 1. The molecule has 0 aliphatic carbocycles. The lowest BCUT2D eigenvalue weighted by Crippen LogP contribution is -2.39. The molecule has 6 heteroatoms. The molecule has 1 aromatic rings. The molecule has 0 spiro atoms. The predicted molar refractivity (Wildman–Crippen MR) is 82.2 cm³/mol. The summed E-state index contributed by atoms with van der Waals surface area (Å²) < 4.78 is 10.5. The van der Waals surface area contributed by atoms with Crippen LogP contribution in [0, 0.1) is 0 Å². The zero-order valence-corrected chi connectivity index (χ0v) is 13.2. The monoisotopic (exact) mass is 295 g/mol. The lowest BCUT2D eigenvalue weighted by Gasteiger charge is -2.19. The molecule has 0 bridgehead atoms. The second-order valence-corrected chi connectivity index (χ2v) is 5.54. The molecule has 1 rings (SSSR count).